The molecular weight excluding hydrogens is 229 g/mol. The molecule has 1 N–H and O–H groups in total. The molecule has 0 radical (unpaired) electrons. The Balaban J connectivity index is 2.40. The highest BCUT2D eigenvalue weighted by molar-refractivity contribution is 6.33. The Bertz CT molecular complexity index is 310. The zero-order valence-electron chi connectivity index (χ0n) is 9.19. The fourth-order valence-corrected chi connectivity index (χ4v) is 1.76. The smallest absolute Gasteiger partial charge is 0.0439 e. The Morgan fingerprint density at radius 3 is 2.67 bits per heavy atom. The third-order valence-electron chi connectivity index (χ3n) is 2.13. The lowest BCUT2D eigenvalue weighted by molar-refractivity contribution is 0.554. The van der Waals surface area contributed by atoms with Crippen LogP contribution >= 0.6 is 23.2 Å². The Kier molecular flexibility index (Phi) is 5.44. The minimum absolute atomic E-state index is 0.680. The summed E-state index contributed by atoms with van der Waals surface area (Å²) in [5, 5.41) is 4.92. The third-order valence-corrected chi connectivity index (χ3v) is 2.74. The zero-order valence-corrected chi connectivity index (χ0v) is 10.7. The average molecular weight is 246 g/mol. The molecule has 0 aliphatic rings. The van der Waals surface area contributed by atoms with Crippen molar-refractivity contribution in [3.63, 3.8) is 0 Å². The SMILES string of the molecule is CC(C)CNCCc1cc(Cl)ccc1Cl. The summed E-state index contributed by atoms with van der Waals surface area (Å²) in [6, 6.07) is 5.59. The fraction of sp³-hybridized carbons (Fsp3) is 0.500. The predicted molar refractivity (Wildman–Crippen MR) is 67.9 cm³/mol. The van der Waals surface area contributed by atoms with E-state index in [9.17, 15) is 0 Å². The predicted octanol–water partition coefficient (Wildman–Crippen LogP) is 3.78. The summed E-state index contributed by atoms with van der Waals surface area (Å²) in [4.78, 5) is 0. The van der Waals surface area contributed by atoms with Gasteiger partial charge >= 0.3 is 0 Å². The van der Waals surface area contributed by atoms with E-state index in [-0.39, 0.29) is 0 Å². The first-order valence-electron chi connectivity index (χ1n) is 5.24. The van der Waals surface area contributed by atoms with Crippen LogP contribution < -0.4 is 5.32 Å². The van der Waals surface area contributed by atoms with E-state index >= 15 is 0 Å². The van der Waals surface area contributed by atoms with Gasteiger partial charge in [0.05, 0.1) is 0 Å². The van der Waals surface area contributed by atoms with Crippen molar-refractivity contribution < 1.29 is 0 Å². The van der Waals surface area contributed by atoms with Crippen LogP contribution in [0.3, 0.4) is 0 Å². The maximum atomic E-state index is 6.05. The Morgan fingerprint density at radius 2 is 2.00 bits per heavy atom. The molecule has 1 aromatic carbocycles. The summed E-state index contributed by atoms with van der Waals surface area (Å²) in [6.45, 7) is 6.37. The van der Waals surface area contributed by atoms with E-state index in [1.165, 1.54) is 0 Å². The normalized spacial score (nSPS) is 11.0. The van der Waals surface area contributed by atoms with Gasteiger partial charge in [-0.3, -0.25) is 0 Å². The van der Waals surface area contributed by atoms with Crippen molar-refractivity contribution >= 4 is 23.2 Å². The van der Waals surface area contributed by atoms with Gasteiger partial charge in [-0.2, -0.15) is 0 Å². The van der Waals surface area contributed by atoms with E-state index in [0.717, 1.165) is 35.1 Å². The molecule has 15 heavy (non-hydrogen) atoms. The lowest BCUT2D eigenvalue weighted by Gasteiger charge is -2.08. The molecular formula is C12H17Cl2N. The molecule has 0 aromatic heterocycles. The third kappa shape index (κ3) is 4.87. The minimum Gasteiger partial charge on any atom is -0.316 e. The average Bonchev–Trinajstić information content (AvgIpc) is 2.17. The number of hydrogen-bond donors (Lipinski definition) is 1. The Morgan fingerprint density at radius 1 is 1.27 bits per heavy atom. The quantitative estimate of drug-likeness (QED) is 0.779. The minimum atomic E-state index is 0.680. The molecule has 0 aliphatic heterocycles. The van der Waals surface area contributed by atoms with Crippen LogP contribution in [-0.4, -0.2) is 13.1 Å². The first-order valence-corrected chi connectivity index (χ1v) is 6.00. The highest BCUT2D eigenvalue weighted by atomic mass is 35.5. The number of benzene rings is 1. The van der Waals surface area contributed by atoms with Crippen LogP contribution in [0.1, 0.15) is 19.4 Å². The number of nitrogens with one attached hydrogen (secondary N) is 1. The van der Waals surface area contributed by atoms with Gasteiger partial charge in [0.2, 0.25) is 0 Å². The molecule has 0 unspecified atom stereocenters. The molecule has 0 amide bonds. The van der Waals surface area contributed by atoms with Crippen molar-refractivity contribution in [2.45, 2.75) is 20.3 Å². The topological polar surface area (TPSA) is 12.0 Å². The molecule has 0 atom stereocenters. The van der Waals surface area contributed by atoms with Crippen LogP contribution in [0.2, 0.25) is 10.0 Å². The van der Waals surface area contributed by atoms with Crippen LogP contribution in [0.5, 0.6) is 0 Å². The number of halogens is 2. The largest absolute Gasteiger partial charge is 0.316 e. The lowest BCUT2D eigenvalue weighted by atomic mass is 10.1. The summed E-state index contributed by atoms with van der Waals surface area (Å²) in [5.74, 6) is 0.680. The van der Waals surface area contributed by atoms with Crippen molar-refractivity contribution in [3.05, 3.63) is 33.8 Å². The van der Waals surface area contributed by atoms with Crippen LogP contribution in [0.25, 0.3) is 0 Å². The molecule has 84 valence electrons. The van der Waals surface area contributed by atoms with Crippen molar-refractivity contribution in [2.75, 3.05) is 13.1 Å². The standard InChI is InChI=1S/C12H17Cl2N/c1-9(2)8-15-6-5-10-7-11(13)3-4-12(10)14/h3-4,7,9,15H,5-6,8H2,1-2H3. The second-order valence-corrected chi connectivity index (χ2v) is 4.93. The van der Waals surface area contributed by atoms with Gasteiger partial charge in [0.1, 0.15) is 0 Å². The monoisotopic (exact) mass is 245 g/mol. The summed E-state index contributed by atoms with van der Waals surface area (Å²) in [6.07, 6.45) is 0.923. The molecule has 0 fully saturated rings. The van der Waals surface area contributed by atoms with Gasteiger partial charge in [-0.25, -0.2) is 0 Å². The second-order valence-electron chi connectivity index (χ2n) is 4.08. The van der Waals surface area contributed by atoms with Crippen molar-refractivity contribution in [1.29, 1.82) is 0 Å². The molecule has 0 heterocycles. The summed E-state index contributed by atoms with van der Waals surface area (Å²) in [5.41, 5.74) is 1.11. The van der Waals surface area contributed by atoms with E-state index in [1.54, 1.807) is 0 Å². The van der Waals surface area contributed by atoms with Gasteiger partial charge in [0.15, 0.2) is 0 Å². The maximum Gasteiger partial charge on any atom is 0.0439 e. The zero-order chi connectivity index (χ0) is 11.3. The number of hydrogen-bond acceptors (Lipinski definition) is 1. The first kappa shape index (κ1) is 12.8. The summed E-state index contributed by atoms with van der Waals surface area (Å²) in [7, 11) is 0. The summed E-state index contributed by atoms with van der Waals surface area (Å²) >= 11 is 12.0. The molecule has 1 nitrogen and oxygen atoms in total. The van der Waals surface area contributed by atoms with Gasteiger partial charge in [-0.1, -0.05) is 37.0 Å². The molecule has 1 rings (SSSR count). The van der Waals surface area contributed by atoms with Gasteiger partial charge in [0, 0.05) is 10.0 Å². The van der Waals surface area contributed by atoms with Crippen molar-refractivity contribution in [2.24, 2.45) is 5.92 Å². The fourth-order valence-electron chi connectivity index (χ4n) is 1.35. The van der Waals surface area contributed by atoms with E-state index in [0.29, 0.717) is 5.92 Å². The molecule has 0 spiro atoms. The summed E-state index contributed by atoms with van der Waals surface area (Å²) < 4.78 is 0. The maximum absolute atomic E-state index is 6.05. The molecule has 0 aliphatic carbocycles. The van der Waals surface area contributed by atoms with Gasteiger partial charge in [-0.15, -0.1) is 0 Å². The first-order chi connectivity index (χ1) is 7.09. The van der Waals surface area contributed by atoms with Crippen LogP contribution in [0.4, 0.5) is 0 Å². The highest BCUT2D eigenvalue weighted by Crippen LogP contribution is 2.20. The van der Waals surface area contributed by atoms with E-state index < -0.39 is 0 Å². The molecule has 0 saturated carbocycles. The molecule has 0 saturated heterocycles. The van der Waals surface area contributed by atoms with Gasteiger partial charge in [0.25, 0.3) is 0 Å². The molecule has 1 aromatic rings. The van der Waals surface area contributed by atoms with Crippen LogP contribution in [-0.2, 0) is 6.42 Å². The van der Waals surface area contributed by atoms with E-state index in [2.05, 4.69) is 19.2 Å². The highest BCUT2D eigenvalue weighted by Gasteiger charge is 2.01. The van der Waals surface area contributed by atoms with Gasteiger partial charge < -0.3 is 5.32 Å². The second kappa shape index (κ2) is 6.37. The van der Waals surface area contributed by atoms with Crippen molar-refractivity contribution in [3.8, 4) is 0 Å². The van der Waals surface area contributed by atoms with Crippen molar-refractivity contribution in [1.82, 2.24) is 5.32 Å². The van der Waals surface area contributed by atoms with E-state index in [1.807, 2.05) is 18.2 Å². The van der Waals surface area contributed by atoms with E-state index in [4.69, 9.17) is 23.2 Å². The molecule has 0 bridgehead atoms. The van der Waals surface area contributed by atoms with Crippen LogP contribution in [0, 0.1) is 5.92 Å². The van der Waals surface area contributed by atoms with Gasteiger partial charge in [-0.05, 0) is 49.2 Å². The number of rotatable bonds is 5. The Labute approximate surface area is 102 Å². The molecule has 3 heteroatoms. The lowest BCUT2D eigenvalue weighted by Crippen LogP contribution is -2.22. The Hall–Kier alpha value is -0.240. The van der Waals surface area contributed by atoms with Crippen LogP contribution in [0.15, 0.2) is 18.2 Å².